The minimum absolute atomic E-state index is 0.208. The van der Waals surface area contributed by atoms with E-state index in [1.165, 1.54) is 0 Å². The van der Waals surface area contributed by atoms with Gasteiger partial charge in [-0.2, -0.15) is 0 Å². The SMILES string of the molecule is COc1ccc(NC(=O)/C=C(\C)c2cc3c(C)c(C)oc3cc2OC)cc1. The van der Waals surface area contributed by atoms with Gasteiger partial charge in [0.25, 0.3) is 0 Å². The maximum absolute atomic E-state index is 12.4. The standard InChI is InChI=1S/C22H23NO4/c1-13(10-22(24)23-16-6-8-17(25-4)9-7-16)18-11-19-14(2)15(3)27-21(19)12-20(18)26-5/h6-12H,1-5H3,(H,23,24)/b13-10+. The zero-order valence-electron chi connectivity index (χ0n) is 16.2. The number of allylic oxidation sites excluding steroid dienone is 1. The summed E-state index contributed by atoms with van der Waals surface area (Å²) < 4.78 is 16.4. The van der Waals surface area contributed by atoms with Crippen molar-refractivity contribution in [1.29, 1.82) is 0 Å². The molecule has 3 rings (SSSR count). The Morgan fingerprint density at radius 3 is 2.41 bits per heavy atom. The lowest BCUT2D eigenvalue weighted by Gasteiger charge is -2.10. The van der Waals surface area contributed by atoms with Crippen molar-refractivity contribution in [3.05, 3.63) is 59.4 Å². The van der Waals surface area contributed by atoms with Crippen LogP contribution >= 0.6 is 0 Å². The van der Waals surface area contributed by atoms with Crippen LogP contribution in [0.2, 0.25) is 0 Å². The summed E-state index contributed by atoms with van der Waals surface area (Å²) in [5.41, 5.74) is 4.23. The predicted octanol–water partition coefficient (Wildman–Crippen LogP) is 5.11. The third kappa shape index (κ3) is 3.82. The molecular weight excluding hydrogens is 342 g/mol. The average Bonchev–Trinajstić information content (AvgIpc) is 2.94. The number of benzene rings is 2. The molecule has 0 unspecified atom stereocenters. The summed E-state index contributed by atoms with van der Waals surface area (Å²) in [6.07, 6.45) is 1.57. The highest BCUT2D eigenvalue weighted by Gasteiger charge is 2.14. The molecule has 1 heterocycles. The molecule has 1 amide bonds. The first-order valence-electron chi connectivity index (χ1n) is 8.64. The van der Waals surface area contributed by atoms with E-state index in [0.29, 0.717) is 11.4 Å². The monoisotopic (exact) mass is 365 g/mol. The minimum Gasteiger partial charge on any atom is -0.497 e. The van der Waals surface area contributed by atoms with Gasteiger partial charge in [-0.15, -0.1) is 0 Å². The van der Waals surface area contributed by atoms with Gasteiger partial charge in [-0.3, -0.25) is 4.79 Å². The van der Waals surface area contributed by atoms with Crippen LogP contribution in [0.15, 0.2) is 46.9 Å². The van der Waals surface area contributed by atoms with Crippen molar-refractivity contribution in [1.82, 2.24) is 0 Å². The van der Waals surface area contributed by atoms with E-state index in [2.05, 4.69) is 5.32 Å². The molecule has 0 aliphatic rings. The van der Waals surface area contributed by atoms with Crippen LogP contribution in [-0.4, -0.2) is 20.1 Å². The van der Waals surface area contributed by atoms with Crippen molar-refractivity contribution in [2.75, 3.05) is 19.5 Å². The van der Waals surface area contributed by atoms with Crippen molar-refractivity contribution in [2.24, 2.45) is 0 Å². The molecule has 0 bridgehead atoms. The van der Waals surface area contributed by atoms with Gasteiger partial charge in [0.15, 0.2) is 0 Å². The van der Waals surface area contributed by atoms with E-state index in [9.17, 15) is 4.79 Å². The molecule has 0 fully saturated rings. The van der Waals surface area contributed by atoms with Crippen LogP contribution in [-0.2, 0) is 4.79 Å². The fraction of sp³-hybridized carbons (Fsp3) is 0.227. The largest absolute Gasteiger partial charge is 0.497 e. The third-order valence-corrected chi connectivity index (χ3v) is 4.63. The number of hydrogen-bond donors (Lipinski definition) is 1. The van der Waals surface area contributed by atoms with Gasteiger partial charge < -0.3 is 19.2 Å². The van der Waals surface area contributed by atoms with Crippen LogP contribution < -0.4 is 14.8 Å². The Morgan fingerprint density at radius 1 is 1.07 bits per heavy atom. The number of carbonyl (C=O) groups is 1. The number of fused-ring (bicyclic) bond motifs is 1. The topological polar surface area (TPSA) is 60.7 Å². The Hall–Kier alpha value is -3.21. The van der Waals surface area contributed by atoms with E-state index in [1.54, 1.807) is 44.6 Å². The Kier molecular flexibility index (Phi) is 5.21. The van der Waals surface area contributed by atoms with Crippen LogP contribution in [0.4, 0.5) is 5.69 Å². The molecule has 5 heteroatoms. The number of carbonyl (C=O) groups excluding carboxylic acids is 1. The van der Waals surface area contributed by atoms with Gasteiger partial charge >= 0.3 is 0 Å². The summed E-state index contributed by atoms with van der Waals surface area (Å²) >= 11 is 0. The van der Waals surface area contributed by atoms with Crippen molar-refractivity contribution in [2.45, 2.75) is 20.8 Å². The summed E-state index contributed by atoms with van der Waals surface area (Å²) in [5, 5.41) is 3.87. The molecule has 1 N–H and O–H groups in total. The highest BCUT2D eigenvalue weighted by molar-refractivity contribution is 6.04. The molecule has 27 heavy (non-hydrogen) atoms. The number of nitrogens with one attached hydrogen (secondary N) is 1. The van der Waals surface area contributed by atoms with Crippen molar-refractivity contribution in [3.8, 4) is 11.5 Å². The molecule has 0 saturated carbocycles. The molecular formula is C22H23NO4. The highest BCUT2D eigenvalue weighted by atomic mass is 16.5. The molecule has 2 aromatic carbocycles. The lowest BCUT2D eigenvalue weighted by Crippen LogP contribution is -2.08. The molecule has 0 radical (unpaired) electrons. The summed E-state index contributed by atoms with van der Waals surface area (Å²) in [7, 11) is 3.21. The van der Waals surface area contributed by atoms with Gasteiger partial charge in [-0.25, -0.2) is 0 Å². The van der Waals surface area contributed by atoms with E-state index in [4.69, 9.17) is 13.9 Å². The van der Waals surface area contributed by atoms with E-state index >= 15 is 0 Å². The molecule has 140 valence electrons. The second-order valence-electron chi connectivity index (χ2n) is 6.38. The smallest absolute Gasteiger partial charge is 0.248 e. The molecule has 0 aliphatic carbocycles. The number of rotatable bonds is 5. The van der Waals surface area contributed by atoms with Gasteiger partial charge in [-0.05, 0) is 62.2 Å². The van der Waals surface area contributed by atoms with Gasteiger partial charge in [0, 0.05) is 28.8 Å². The van der Waals surface area contributed by atoms with Crippen LogP contribution in [0.5, 0.6) is 11.5 Å². The van der Waals surface area contributed by atoms with Crippen molar-refractivity contribution >= 4 is 28.1 Å². The maximum Gasteiger partial charge on any atom is 0.248 e. The zero-order chi connectivity index (χ0) is 19.6. The first-order chi connectivity index (χ1) is 12.9. The maximum atomic E-state index is 12.4. The number of aryl methyl sites for hydroxylation is 2. The number of ether oxygens (including phenoxy) is 2. The summed E-state index contributed by atoms with van der Waals surface area (Å²) in [6, 6.07) is 11.1. The second-order valence-corrected chi connectivity index (χ2v) is 6.38. The zero-order valence-corrected chi connectivity index (χ0v) is 16.2. The molecule has 5 nitrogen and oxygen atoms in total. The number of amides is 1. The summed E-state index contributed by atoms with van der Waals surface area (Å²) in [4.78, 5) is 12.4. The fourth-order valence-electron chi connectivity index (χ4n) is 2.97. The lowest BCUT2D eigenvalue weighted by atomic mass is 10.0. The average molecular weight is 365 g/mol. The summed E-state index contributed by atoms with van der Waals surface area (Å²) in [5.74, 6) is 2.08. The highest BCUT2D eigenvalue weighted by Crippen LogP contribution is 2.34. The normalized spacial score (nSPS) is 11.5. The van der Waals surface area contributed by atoms with Crippen LogP contribution in [0.3, 0.4) is 0 Å². The van der Waals surface area contributed by atoms with Gasteiger partial charge in [0.05, 0.1) is 14.2 Å². The first-order valence-corrected chi connectivity index (χ1v) is 8.64. The van der Waals surface area contributed by atoms with E-state index in [0.717, 1.165) is 39.2 Å². The first kappa shape index (κ1) is 18.6. The Bertz CT molecular complexity index is 1010. The molecule has 0 atom stereocenters. The third-order valence-electron chi connectivity index (χ3n) is 4.63. The molecule has 0 spiro atoms. The number of hydrogen-bond acceptors (Lipinski definition) is 4. The molecule has 1 aromatic heterocycles. The van der Waals surface area contributed by atoms with Crippen LogP contribution in [0, 0.1) is 13.8 Å². The molecule has 0 saturated heterocycles. The lowest BCUT2D eigenvalue weighted by molar-refractivity contribution is -0.111. The fourth-order valence-corrected chi connectivity index (χ4v) is 2.97. The van der Waals surface area contributed by atoms with E-state index < -0.39 is 0 Å². The predicted molar refractivity (Wildman–Crippen MR) is 108 cm³/mol. The van der Waals surface area contributed by atoms with Gasteiger partial charge in [0.2, 0.25) is 5.91 Å². The van der Waals surface area contributed by atoms with Crippen molar-refractivity contribution < 1.29 is 18.7 Å². The molecule has 0 aliphatic heterocycles. The quantitative estimate of drug-likeness (QED) is 0.638. The van der Waals surface area contributed by atoms with E-state index in [-0.39, 0.29) is 5.91 Å². The summed E-state index contributed by atoms with van der Waals surface area (Å²) in [6.45, 7) is 5.85. The minimum atomic E-state index is -0.208. The van der Waals surface area contributed by atoms with Crippen LogP contribution in [0.1, 0.15) is 23.8 Å². The van der Waals surface area contributed by atoms with Gasteiger partial charge in [-0.1, -0.05) is 0 Å². The van der Waals surface area contributed by atoms with E-state index in [1.807, 2.05) is 32.9 Å². The molecule has 3 aromatic rings. The van der Waals surface area contributed by atoms with Gasteiger partial charge in [0.1, 0.15) is 22.8 Å². The van der Waals surface area contributed by atoms with Crippen LogP contribution in [0.25, 0.3) is 16.5 Å². The Labute approximate surface area is 158 Å². The second kappa shape index (κ2) is 7.58. The van der Waals surface area contributed by atoms with Crippen molar-refractivity contribution in [3.63, 3.8) is 0 Å². The number of methoxy groups -OCH3 is 2. The number of anilines is 1. The Morgan fingerprint density at radius 2 is 1.78 bits per heavy atom. The number of furan rings is 1. The Balaban J connectivity index is 1.89.